The fraction of sp³-hybridized carbons (Fsp3) is 0.688. The van der Waals surface area contributed by atoms with Crippen LogP contribution >= 0.6 is 0 Å². The van der Waals surface area contributed by atoms with Crippen molar-refractivity contribution < 1.29 is 4.74 Å². The highest BCUT2D eigenvalue weighted by Crippen LogP contribution is 2.14. The quantitative estimate of drug-likeness (QED) is 0.832. The maximum absolute atomic E-state index is 5.75. The van der Waals surface area contributed by atoms with E-state index in [1.807, 2.05) is 20.2 Å². The fourth-order valence-corrected chi connectivity index (χ4v) is 1.68. The third-order valence-electron chi connectivity index (χ3n) is 2.89. The van der Waals surface area contributed by atoms with Gasteiger partial charge in [0, 0.05) is 30.4 Å². The van der Waals surface area contributed by atoms with Crippen molar-refractivity contribution in [2.24, 2.45) is 0 Å². The zero-order valence-corrected chi connectivity index (χ0v) is 13.8. The summed E-state index contributed by atoms with van der Waals surface area (Å²) in [4.78, 5) is 6.63. The van der Waals surface area contributed by atoms with E-state index < -0.39 is 0 Å². The van der Waals surface area contributed by atoms with Gasteiger partial charge in [-0.25, -0.2) is 4.98 Å². The van der Waals surface area contributed by atoms with Gasteiger partial charge in [0.2, 0.25) is 5.88 Å². The SMILES string of the molecule is CCc1cc(CNC(C)(C)C)cc(OCCN(C)C)n1. The molecule has 1 N–H and O–H groups in total. The number of hydrogen-bond acceptors (Lipinski definition) is 4. The smallest absolute Gasteiger partial charge is 0.213 e. The molecule has 0 saturated carbocycles. The van der Waals surface area contributed by atoms with Crippen molar-refractivity contribution in [1.29, 1.82) is 0 Å². The van der Waals surface area contributed by atoms with Crippen LogP contribution in [0.3, 0.4) is 0 Å². The molecule has 0 spiro atoms. The zero-order valence-electron chi connectivity index (χ0n) is 13.8. The van der Waals surface area contributed by atoms with Gasteiger partial charge in [0.25, 0.3) is 0 Å². The molecule has 0 radical (unpaired) electrons. The van der Waals surface area contributed by atoms with Gasteiger partial charge in [0.05, 0.1) is 0 Å². The first-order chi connectivity index (χ1) is 9.30. The number of likely N-dealkylation sites (N-methyl/N-ethyl adjacent to an activating group) is 1. The monoisotopic (exact) mass is 279 g/mol. The van der Waals surface area contributed by atoms with Gasteiger partial charge >= 0.3 is 0 Å². The third kappa shape index (κ3) is 6.87. The first-order valence-electron chi connectivity index (χ1n) is 7.32. The van der Waals surface area contributed by atoms with Crippen LogP contribution in [0, 0.1) is 0 Å². The minimum atomic E-state index is 0.113. The van der Waals surface area contributed by atoms with Crippen LogP contribution in [0.15, 0.2) is 12.1 Å². The number of pyridine rings is 1. The molecule has 0 aromatic carbocycles. The summed E-state index contributed by atoms with van der Waals surface area (Å²) in [6.45, 7) is 11.0. The molecule has 0 unspecified atom stereocenters. The van der Waals surface area contributed by atoms with Crippen molar-refractivity contribution in [2.45, 2.75) is 46.2 Å². The van der Waals surface area contributed by atoms with E-state index in [1.54, 1.807) is 0 Å². The van der Waals surface area contributed by atoms with Crippen molar-refractivity contribution in [2.75, 3.05) is 27.2 Å². The van der Waals surface area contributed by atoms with Crippen LogP contribution in [0.2, 0.25) is 0 Å². The number of aryl methyl sites for hydroxylation is 1. The van der Waals surface area contributed by atoms with E-state index in [0.29, 0.717) is 6.61 Å². The minimum Gasteiger partial charge on any atom is -0.476 e. The summed E-state index contributed by atoms with van der Waals surface area (Å²) < 4.78 is 5.75. The average Bonchev–Trinajstić information content (AvgIpc) is 2.35. The van der Waals surface area contributed by atoms with Crippen LogP contribution in [0.25, 0.3) is 0 Å². The maximum atomic E-state index is 5.75. The second kappa shape index (κ2) is 7.60. The molecule has 0 aliphatic rings. The van der Waals surface area contributed by atoms with Gasteiger partial charge in [0.15, 0.2) is 0 Å². The lowest BCUT2D eigenvalue weighted by molar-refractivity contribution is 0.253. The van der Waals surface area contributed by atoms with E-state index in [-0.39, 0.29) is 5.54 Å². The number of rotatable bonds is 7. The molecule has 0 aliphatic heterocycles. The van der Waals surface area contributed by atoms with Crippen molar-refractivity contribution >= 4 is 0 Å². The number of aromatic nitrogens is 1. The molecule has 114 valence electrons. The van der Waals surface area contributed by atoms with E-state index >= 15 is 0 Å². The number of nitrogens with zero attached hydrogens (tertiary/aromatic N) is 2. The molecule has 4 nitrogen and oxygen atoms in total. The lowest BCUT2D eigenvalue weighted by Crippen LogP contribution is -2.35. The predicted molar refractivity (Wildman–Crippen MR) is 84.3 cm³/mol. The first kappa shape index (κ1) is 16.9. The Morgan fingerprint density at radius 3 is 2.50 bits per heavy atom. The Kier molecular flexibility index (Phi) is 6.43. The lowest BCUT2D eigenvalue weighted by atomic mass is 10.1. The van der Waals surface area contributed by atoms with Crippen LogP contribution in [0.1, 0.15) is 39.0 Å². The Hall–Kier alpha value is -1.13. The third-order valence-corrected chi connectivity index (χ3v) is 2.89. The maximum Gasteiger partial charge on any atom is 0.213 e. The normalized spacial score (nSPS) is 11.9. The van der Waals surface area contributed by atoms with Crippen molar-refractivity contribution in [3.63, 3.8) is 0 Å². The largest absolute Gasteiger partial charge is 0.476 e. The molecule has 0 fully saturated rings. The van der Waals surface area contributed by atoms with Crippen molar-refractivity contribution in [3.05, 3.63) is 23.4 Å². The van der Waals surface area contributed by atoms with E-state index in [0.717, 1.165) is 31.1 Å². The molecule has 1 heterocycles. The molecular weight excluding hydrogens is 250 g/mol. The molecular formula is C16H29N3O. The molecule has 0 aliphatic carbocycles. The van der Waals surface area contributed by atoms with Gasteiger partial charge in [-0.05, 0) is 52.9 Å². The predicted octanol–water partition coefficient (Wildman–Crippen LogP) is 2.47. The average molecular weight is 279 g/mol. The number of nitrogens with one attached hydrogen (secondary N) is 1. The summed E-state index contributed by atoms with van der Waals surface area (Å²) in [5.74, 6) is 0.733. The van der Waals surface area contributed by atoms with Gasteiger partial charge in [-0.2, -0.15) is 0 Å². The zero-order chi connectivity index (χ0) is 15.2. The highest BCUT2D eigenvalue weighted by molar-refractivity contribution is 5.25. The Bertz CT molecular complexity index is 411. The van der Waals surface area contributed by atoms with Crippen molar-refractivity contribution in [1.82, 2.24) is 15.2 Å². The van der Waals surface area contributed by atoms with Gasteiger partial charge in [-0.3, -0.25) is 0 Å². The van der Waals surface area contributed by atoms with E-state index in [1.165, 1.54) is 5.56 Å². The number of ether oxygens (including phenoxy) is 1. The van der Waals surface area contributed by atoms with Crippen LogP contribution in [-0.4, -0.2) is 42.7 Å². The summed E-state index contributed by atoms with van der Waals surface area (Å²) >= 11 is 0. The van der Waals surface area contributed by atoms with Crippen molar-refractivity contribution in [3.8, 4) is 5.88 Å². The summed E-state index contributed by atoms with van der Waals surface area (Å²) in [7, 11) is 4.08. The van der Waals surface area contributed by atoms with Crippen LogP contribution in [-0.2, 0) is 13.0 Å². The highest BCUT2D eigenvalue weighted by atomic mass is 16.5. The molecule has 4 heteroatoms. The fourth-order valence-electron chi connectivity index (χ4n) is 1.68. The molecule has 1 rings (SSSR count). The summed E-state index contributed by atoms with van der Waals surface area (Å²) in [6, 6.07) is 4.19. The van der Waals surface area contributed by atoms with Gasteiger partial charge in [0.1, 0.15) is 6.61 Å². The molecule has 1 aromatic heterocycles. The van der Waals surface area contributed by atoms with Crippen LogP contribution < -0.4 is 10.1 Å². The van der Waals surface area contributed by atoms with Gasteiger partial charge in [-0.15, -0.1) is 0 Å². The Balaban J connectivity index is 2.69. The van der Waals surface area contributed by atoms with Gasteiger partial charge in [-0.1, -0.05) is 6.92 Å². The minimum absolute atomic E-state index is 0.113. The van der Waals surface area contributed by atoms with Gasteiger partial charge < -0.3 is 15.0 Å². The second-order valence-electron chi connectivity index (χ2n) is 6.41. The van der Waals surface area contributed by atoms with E-state index in [4.69, 9.17) is 4.74 Å². The molecule has 20 heavy (non-hydrogen) atoms. The van der Waals surface area contributed by atoms with Crippen LogP contribution in [0.5, 0.6) is 5.88 Å². The van der Waals surface area contributed by atoms with E-state index in [2.05, 4.69) is 49.0 Å². The second-order valence-corrected chi connectivity index (χ2v) is 6.41. The molecule has 0 bridgehead atoms. The molecule has 1 aromatic rings. The lowest BCUT2D eigenvalue weighted by Gasteiger charge is -2.21. The Labute approximate surface area is 123 Å². The Morgan fingerprint density at radius 1 is 1.25 bits per heavy atom. The molecule has 0 atom stereocenters. The van der Waals surface area contributed by atoms with E-state index in [9.17, 15) is 0 Å². The highest BCUT2D eigenvalue weighted by Gasteiger charge is 2.10. The topological polar surface area (TPSA) is 37.4 Å². The Morgan fingerprint density at radius 2 is 1.95 bits per heavy atom. The molecule has 0 saturated heterocycles. The van der Waals surface area contributed by atoms with Crippen LogP contribution in [0.4, 0.5) is 0 Å². The number of hydrogen-bond donors (Lipinski definition) is 1. The summed E-state index contributed by atoms with van der Waals surface area (Å²) in [5.41, 5.74) is 2.42. The summed E-state index contributed by atoms with van der Waals surface area (Å²) in [6.07, 6.45) is 0.924. The standard InChI is InChI=1S/C16H29N3O/c1-7-14-10-13(12-17-16(2,3)4)11-15(18-14)20-9-8-19(5)6/h10-11,17H,7-9,12H2,1-6H3. The first-order valence-corrected chi connectivity index (χ1v) is 7.32. The summed E-state index contributed by atoms with van der Waals surface area (Å²) in [5, 5.41) is 3.50. The molecule has 0 amide bonds.